The third-order valence-electron chi connectivity index (χ3n) is 1.65. The van der Waals surface area contributed by atoms with Crippen molar-refractivity contribution in [1.29, 1.82) is 0 Å². The fourth-order valence-corrected chi connectivity index (χ4v) is 1.53. The Labute approximate surface area is 75.0 Å². The smallest absolute Gasteiger partial charge is 0.210 e. The molecule has 0 spiro atoms. The molecule has 68 valence electrons. The van der Waals surface area contributed by atoms with Crippen molar-refractivity contribution in [3.63, 3.8) is 0 Å². The van der Waals surface area contributed by atoms with E-state index in [2.05, 4.69) is 5.10 Å². The molecule has 0 bridgehead atoms. The Kier molecular flexibility index (Phi) is 1.61. The lowest BCUT2D eigenvalue weighted by Gasteiger charge is -1.92. The first-order valence-electron chi connectivity index (χ1n) is 3.55. The van der Waals surface area contributed by atoms with Crippen LogP contribution in [0.25, 0.3) is 10.9 Å². The second-order valence-corrected chi connectivity index (χ2v) is 4.01. The molecule has 5 nitrogen and oxygen atoms in total. The molecule has 1 heterocycles. The molecule has 0 unspecified atom stereocenters. The molecule has 2 aromatic rings. The number of nitrogens with zero attached hydrogens (tertiary/aromatic N) is 2. The van der Waals surface area contributed by atoms with Crippen molar-refractivity contribution in [3.8, 4) is 0 Å². The predicted octanol–water partition coefficient (Wildman–Crippen LogP) is 0.0879. The van der Waals surface area contributed by atoms with Gasteiger partial charge < -0.3 is 0 Å². The zero-order chi connectivity index (χ0) is 9.47. The minimum Gasteiger partial charge on any atom is -0.210 e. The van der Waals surface area contributed by atoms with Crippen molar-refractivity contribution < 1.29 is 8.42 Å². The zero-order valence-electron chi connectivity index (χ0n) is 6.58. The molecular weight excluding hydrogens is 190 g/mol. The Hall–Kier alpha value is -1.40. The van der Waals surface area contributed by atoms with Gasteiger partial charge in [0.05, 0.1) is 11.7 Å². The molecule has 13 heavy (non-hydrogen) atoms. The van der Waals surface area contributed by atoms with Crippen LogP contribution in [0.2, 0.25) is 0 Å². The average molecular weight is 197 g/mol. The van der Waals surface area contributed by atoms with Gasteiger partial charge in [-0.25, -0.2) is 5.14 Å². The molecule has 1 aromatic carbocycles. The van der Waals surface area contributed by atoms with E-state index >= 15 is 0 Å². The molecule has 6 heteroatoms. The van der Waals surface area contributed by atoms with Crippen molar-refractivity contribution in [2.24, 2.45) is 5.14 Å². The van der Waals surface area contributed by atoms with Gasteiger partial charge in [0.2, 0.25) is 0 Å². The van der Waals surface area contributed by atoms with Gasteiger partial charge in [-0.15, -0.1) is 0 Å². The van der Waals surface area contributed by atoms with E-state index in [9.17, 15) is 8.42 Å². The summed E-state index contributed by atoms with van der Waals surface area (Å²) >= 11 is 0. The Morgan fingerprint density at radius 3 is 2.62 bits per heavy atom. The summed E-state index contributed by atoms with van der Waals surface area (Å²) in [6, 6.07) is 7.07. The minimum absolute atomic E-state index is 0.608. The monoisotopic (exact) mass is 197 g/mol. The number of hydrogen-bond acceptors (Lipinski definition) is 3. The Bertz CT molecular complexity index is 511. The van der Waals surface area contributed by atoms with Gasteiger partial charge in [0.1, 0.15) is 0 Å². The van der Waals surface area contributed by atoms with Crippen LogP contribution in [0.4, 0.5) is 0 Å². The average Bonchev–Trinajstić information content (AvgIpc) is 2.45. The molecule has 2 N–H and O–H groups in total. The first-order valence-corrected chi connectivity index (χ1v) is 5.05. The van der Waals surface area contributed by atoms with Gasteiger partial charge >= 0.3 is 10.2 Å². The maximum atomic E-state index is 10.9. The molecule has 0 amide bonds. The summed E-state index contributed by atoms with van der Waals surface area (Å²) in [6.45, 7) is 0. The molecular formula is C7H7N3O2S. The Morgan fingerprint density at radius 1 is 1.31 bits per heavy atom. The molecule has 0 saturated carbocycles. The van der Waals surface area contributed by atoms with Crippen LogP contribution in [0.5, 0.6) is 0 Å². The number of nitrogens with two attached hydrogens (primary N) is 1. The molecule has 0 atom stereocenters. The van der Waals surface area contributed by atoms with Gasteiger partial charge in [-0.3, -0.25) is 0 Å². The van der Waals surface area contributed by atoms with E-state index in [0.29, 0.717) is 5.52 Å². The Morgan fingerprint density at radius 2 is 2.00 bits per heavy atom. The summed E-state index contributed by atoms with van der Waals surface area (Å²) in [4.78, 5) is 0. The van der Waals surface area contributed by atoms with Crippen molar-refractivity contribution in [3.05, 3.63) is 30.5 Å². The summed E-state index contributed by atoms with van der Waals surface area (Å²) in [5.74, 6) is 0. The standard InChI is InChI=1S/C7H7N3O2S/c8-13(11,12)10-5-6-3-1-2-4-7(6)9-10/h1-5H,(H2,8,11,12). The van der Waals surface area contributed by atoms with Crippen LogP contribution in [-0.2, 0) is 10.2 Å². The van der Waals surface area contributed by atoms with Gasteiger partial charge in [0.25, 0.3) is 0 Å². The lowest BCUT2D eigenvalue weighted by molar-refractivity contribution is 0.582. The normalized spacial score (nSPS) is 12.1. The fourth-order valence-electron chi connectivity index (χ4n) is 1.07. The number of rotatable bonds is 1. The third kappa shape index (κ3) is 1.41. The maximum Gasteiger partial charge on any atom is 0.317 e. The van der Waals surface area contributed by atoms with Crippen molar-refractivity contribution >= 4 is 21.1 Å². The van der Waals surface area contributed by atoms with Gasteiger partial charge in [0.15, 0.2) is 0 Å². The molecule has 0 aliphatic heterocycles. The largest absolute Gasteiger partial charge is 0.317 e. The van der Waals surface area contributed by atoms with E-state index < -0.39 is 10.2 Å². The van der Waals surface area contributed by atoms with E-state index in [-0.39, 0.29) is 0 Å². The van der Waals surface area contributed by atoms with Crippen LogP contribution >= 0.6 is 0 Å². The van der Waals surface area contributed by atoms with Crippen LogP contribution in [0.3, 0.4) is 0 Å². The highest BCUT2D eigenvalue weighted by molar-refractivity contribution is 7.87. The van der Waals surface area contributed by atoms with Crippen LogP contribution in [-0.4, -0.2) is 17.6 Å². The van der Waals surface area contributed by atoms with Crippen LogP contribution < -0.4 is 5.14 Å². The first-order chi connectivity index (χ1) is 6.07. The van der Waals surface area contributed by atoms with Crippen LogP contribution in [0.15, 0.2) is 30.5 Å². The summed E-state index contributed by atoms with van der Waals surface area (Å²) in [7, 11) is -3.76. The topological polar surface area (TPSA) is 78.0 Å². The summed E-state index contributed by atoms with van der Waals surface area (Å²) in [6.07, 6.45) is 1.38. The van der Waals surface area contributed by atoms with E-state index in [1.165, 1.54) is 6.20 Å². The summed E-state index contributed by atoms with van der Waals surface area (Å²) in [5, 5.41) is 9.43. The summed E-state index contributed by atoms with van der Waals surface area (Å²) < 4.78 is 22.5. The lowest BCUT2D eigenvalue weighted by atomic mass is 10.3. The quantitative estimate of drug-likeness (QED) is 0.703. The molecule has 2 rings (SSSR count). The highest BCUT2D eigenvalue weighted by Crippen LogP contribution is 2.10. The minimum atomic E-state index is -3.76. The molecule has 0 aliphatic rings. The number of fused-ring (bicyclic) bond motifs is 1. The molecule has 0 fully saturated rings. The molecule has 0 aliphatic carbocycles. The lowest BCUT2D eigenvalue weighted by Crippen LogP contribution is -2.21. The summed E-state index contributed by atoms with van der Waals surface area (Å²) in [5.41, 5.74) is 0.608. The molecule has 1 aromatic heterocycles. The number of aromatic nitrogens is 2. The predicted molar refractivity (Wildman–Crippen MR) is 48.2 cm³/mol. The van der Waals surface area contributed by atoms with Gasteiger partial charge in [-0.05, 0) is 6.07 Å². The van der Waals surface area contributed by atoms with Crippen molar-refractivity contribution in [2.75, 3.05) is 0 Å². The maximum absolute atomic E-state index is 10.9. The number of hydrogen-bond donors (Lipinski definition) is 1. The fraction of sp³-hybridized carbons (Fsp3) is 0. The van der Waals surface area contributed by atoms with E-state index in [1.807, 2.05) is 0 Å². The van der Waals surface area contributed by atoms with Gasteiger partial charge in [0, 0.05) is 5.39 Å². The van der Waals surface area contributed by atoms with Gasteiger partial charge in [-0.2, -0.15) is 17.6 Å². The van der Waals surface area contributed by atoms with Crippen molar-refractivity contribution in [1.82, 2.24) is 9.19 Å². The second-order valence-electron chi connectivity index (χ2n) is 2.61. The van der Waals surface area contributed by atoms with Crippen LogP contribution in [0.1, 0.15) is 0 Å². The van der Waals surface area contributed by atoms with Gasteiger partial charge in [-0.1, -0.05) is 18.2 Å². The highest BCUT2D eigenvalue weighted by Gasteiger charge is 2.07. The third-order valence-corrected chi connectivity index (χ3v) is 2.36. The molecule has 0 radical (unpaired) electrons. The first kappa shape index (κ1) is 8.21. The van der Waals surface area contributed by atoms with E-state index in [1.54, 1.807) is 24.3 Å². The van der Waals surface area contributed by atoms with E-state index in [4.69, 9.17) is 5.14 Å². The zero-order valence-corrected chi connectivity index (χ0v) is 7.40. The SMILES string of the molecule is NS(=O)(=O)n1cc2ccccc2n1. The van der Waals surface area contributed by atoms with E-state index in [0.717, 1.165) is 9.47 Å². The van der Waals surface area contributed by atoms with Crippen molar-refractivity contribution in [2.45, 2.75) is 0 Å². The second kappa shape index (κ2) is 2.54. The number of benzene rings is 1. The Balaban J connectivity index is 2.77. The van der Waals surface area contributed by atoms with Crippen LogP contribution in [0, 0.1) is 0 Å². The highest BCUT2D eigenvalue weighted by atomic mass is 32.2. The molecule has 0 saturated heterocycles.